The summed E-state index contributed by atoms with van der Waals surface area (Å²) < 4.78 is 46.0. The summed E-state index contributed by atoms with van der Waals surface area (Å²) in [6.45, 7) is 7.83. The van der Waals surface area contributed by atoms with Gasteiger partial charge in [-0.15, -0.1) is 0 Å². The van der Waals surface area contributed by atoms with Crippen molar-refractivity contribution in [3.05, 3.63) is 64.7 Å². The number of hydrogen-bond donors (Lipinski definition) is 1. The zero-order valence-corrected chi connectivity index (χ0v) is 17.2. The van der Waals surface area contributed by atoms with E-state index in [9.17, 15) is 18.0 Å². The molecule has 0 aliphatic heterocycles. The fourth-order valence-electron chi connectivity index (χ4n) is 5.27. The predicted molar refractivity (Wildman–Crippen MR) is 106 cm³/mol. The summed E-state index contributed by atoms with van der Waals surface area (Å²) in [5, 5.41) is 8.98. The van der Waals surface area contributed by atoms with Gasteiger partial charge >= 0.3 is 6.18 Å². The minimum absolute atomic E-state index is 0.0501. The van der Waals surface area contributed by atoms with Crippen molar-refractivity contribution in [3.63, 3.8) is 0 Å². The number of benzene rings is 2. The number of nitrogens with zero attached hydrogens (tertiary/aromatic N) is 1. The molecule has 0 spiro atoms. The number of carbonyl (C=O) groups is 1. The number of hydrogen-bond acceptors (Lipinski definition) is 3. The van der Waals surface area contributed by atoms with E-state index in [1.54, 1.807) is 18.2 Å². The van der Waals surface area contributed by atoms with Gasteiger partial charge < -0.3 is 10.5 Å². The van der Waals surface area contributed by atoms with E-state index in [1.807, 2.05) is 39.8 Å². The molecule has 0 heterocycles. The standard InChI is InChI=1S/C23H23F3N2O2/c1-21(2)18(15-7-5-6-8-16(15)19(28)29)22(3,4)20(21)30-14-10-9-13(12-27)17(11-14)23(24,25)26/h5-11,18,20H,1-4H3,(H2,28,29). The molecule has 0 unspecified atom stereocenters. The lowest BCUT2D eigenvalue weighted by molar-refractivity contribution is -0.161. The van der Waals surface area contributed by atoms with Crippen LogP contribution in [0.2, 0.25) is 0 Å². The van der Waals surface area contributed by atoms with Crippen molar-refractivity contribution in [2.45, 2.75) is 45.9 Å². The highest BCUT2D eigenvalue weighted by Crippen LogP contribution is 2.65. The van der Waals surface area contributed by atoms with Gasteiger partial charge in [0.25, 0.3) is 0 Å². The van der Waals surface area contributed by atoms with E-state index < -0.39 is 40.1 Å². The Hall–Kier alpha value is -3.01. The molecule has 3 rings (SSSR count). The Balaban J connectivity index is 1.97. The van der Waals surface area contributed by atoms with Crippen LogP contribution in [0, 0.1) is 22.2 Å². The lowest BCUT2D eigenvalue weighted by Crippen LogP contribution is -2.64. The molecule has 2 aromatic rings. The molecule has 4 nitrogen and oxygen atoms in total. The van der Waals surface area contributed by atoms with E-state index in [-0.39, 0.29) is 11.7 Å². The summed E-state index contributed by atoms with van der Waals surface area (Å²) in [6.07, 6.45) is -5.08. The number of amides is 1. The summed E-state index contributed by atoms with van der Waals surface area (Å²) in [6, 6.07) is 12.0. The first-order valence-electron chi connectivity index (χ1n) is 9.48. The van der Waals surface area contributed by atoms with Crippen molar-refractivity contribution >= 4 is 5.91 Å². The van der Waals surface area contributed by atoms with Crippen LogP contribution in [0.15, 0.2) is 42.5 Å². The highest BCUT2D eigenvalue weighted by atomic mass is 19.4. The molecule has 1 saturated carbocycles. The van der Waals surface area contributed by atoms with E-state index in [4.69, 9.17) is 15.7 Å². The summed E-state index contributed by atoms with van der Waals surface area (Å²) in [7, 11) is 0. The highest BCUT2D eigenvalue weighted by molar-refractivity contribution is 5.94. The topological polar surface area (TPSA) is 76.1 Å². The molecule has 0 bridgehead atoms. The van der Waals surface area contributed by atoms with Gasteiger partial charge in [-0.3, -0.25) is 4.79 Å². The van der Waals surface area contributed by atoms with E-state index in [0.29, 0.717) is 5.56 Å². The number of nitriles is 1. The van der Waals surface area contributed by atoms with E-state index in [2.05, 4.69) is 0 Å². The fourth-order valence-corrected chi connectivity index (χ4v) is 5.27. The number of rotatable bonds is 4. The van der Waals surface area contributed by atoms with Gasteiger partial charge in [0.05, 0.1) is 17.2 Å². The van der Waals surface area contributed by atoms with Gasteiger partial charge in [0.2, 0.25) is 5.91 Å². The van der Waals surface area contributed by atoms with Crippen LogP contribution in [-0.2, 0) is 6.18 Å². The van der Waals surface area contributed by atoms with Gasteiger partial charge in [0.1, 0.15) is 11.9 Å². The van der Waals surface area contributed by atoms with Crippen LogP contribution < -0.4 is 10.5 Å². The van der Waals surface area contributed by atoms with Crippen LogP contribution in [0.4, 0.5) is 13.2 Å². The molecule has 0 radical (unpaired) electrons. The van der Waals surface area contributed by atoms with Crippen molar-refractivity contribution in [1.29, 1.82) is 5.26 Å². The molecule has 0 aromatic heterocycles. The van der Waals surface area contributed by atoms with Crippen molar-refractivity contribution in [3.8, 4) is 11.8 Å². The second-order valence-electron chi connectivity index (χ2n) is 8.84. The largest absolute Gasteiger partial charge is 0.489 e. The van der Waals surface area contributed by atoms with Crippen molar-refractivity contribution in [1.82, 2.24) is 0 Å². The minimum Gasteiger partial charge on any atom is -0.489 e. The Kier molecular flexibility index (Phi) is 5.10. The minimum atomic E-state index is -4.65. The molecule has 2 aromatic carbocycles. The SMILES string of the molecule is CC1(C)C(Oc2ccc(C#N)c(C(F)(F)F)c2)C(C)(C)C1c1ccccc1C(N)=O. The predicted octanol–water partition coefficient (Wildman–Crippen LogP) is 5.27. The Morgan fingerprint density at radius 2 is 1.70 bits per heavy atom. The lowest BCUT2D eigenvalue weighted by Gasteiger charge is -2.63. The average Bonchev–Trinajstić information content (AvgIpc) is 2.64. The molecule has 1 amide bonds. The van der Waals surface area contributed by atoms with E-state index >= 15 is 0 Å². The number of nitrogens with two attached hydrogens (primary N) is 1. The highest BCUT2D eigenvalue weighted by Gasteiger charge is 2.64. The molecule has 2 N–H and O–H groups in total. The Bertz CT molecular complexity index is 1020. The Morgan fingerprint density at radius 3 is 2.23 bits per heavy atom. The van der Waals surface area contributed by atoms with Crippen molar-refractivity contribution < 1.29 is 22.7 Å². The molecule has 7 heteroatoms. The van der Waals surface area contributed by atoms with Crippen LogP contribution in [0.5, 0.6) is 5.75 Å². The maximum absolute atomic E-state index is 13.3. The molecule has 1 fully saturated rings. The van der Waals surface area contributed by atoms with Crippen LogP contribution in [-0.4, -0.2) is 12.0 Å². The monoisotopic (exact) mass is 416 g/mol. The normalized spacial score (nSPS) is 21.9. The van der Waals surface area contributed by atoms with Crippen LogP contribution in [0.25, 0.3) is 0 Å². The van der Waals surface area contributed by atoms with Gasteiger partial charge in [-0.2, -0.15) is 18.4 Å². The Morgan fingerprint density at radius 1 is 1.10 bits per heavy atom. The first kappa shape index (κ1) is 21.7. The van der Waals surface area contributed by atoms with Crippen molar-refractivity contribution in [2.24, 2.45) is 16.6 Å². The lowest BCUT2D eigenvalue weighted by atomic mass is 9.44. The first-order chi connectivity index (χ1) is 13.8. The summed E-state index contributed by atoms with van der Waals surface area (Å²) in [5.74, 6) is -0.572. The number of carbonyl (C=O) groups excluding carboxylic acids is 1. The van der Waals surface area contributed by atoms with Gasteiger partial charge in [-0.1, -0.05) is 45.9 Å². The van der Waals surface area contributed by atoms with Crippen LogP contribution in [0.3, 0.4) is 0 Å². The summed E-state index contributed by atoms with van der Waals surface area (Å²) in [4.78, 5) is 11.9. The van der Waals surface area contributed by atoms with Gasteiger partial charge in [0, 0.05) is 22.3 Å². The third kappa shape index (κ3) is 3.41. The second-order valence-corrected chi connectivity index (χ2v) is 8.84. The third-order valence-electron chi connectivity index (χ3n) is 6.05. The zero-order valence-electron chi connectivity index (χ0n) is 17.2. The van der Waals surface area contributed by atoms with E-state index in [1.165, 1.54) is 6.07 Å². The zero-order chi connectivity index (χ0) is 22.5. The van der Waals surface area contributed by atoms with Gasteiger partial charge in [0.15, 0.2) is 0 Å². The van der Waals surface area contributed by atoms with Gasteiger partial charge in [-0.25, -0.2) is 0 Å². The van der Waals surface area contributed by atoms with Gasteiger partial charge in [-0.05, 0) is 29.8 Å². The fraction of sp³-hybridized carbons (Fsp3) is 0.391. The quantitative estimate of drug-likeness (QED) is 0.737. The second kappa shape index (κ2) is 7.05. The van der Waals surface area contributed by atoms with Crippen LogP contribution in [0.1, 0.15) is 60.7 Å². The van der Waals surface area contributed by atoms with Crippen molar-refractivity contribution in [2.75, 3.05) is 0 Å². The summed E-state index contributed by atoms with van der Waals surface area (Å²) in [5.41, 5.74) is 4.34. The van der Waals surface area contributed by atoms with Crippen LogP contribution >= 0.6 is 0 Å². The maximum atomic E-state index is 13.3. The summed E-state index contributed by atoms with van der Waals surface area (Å²) >= 11 is 0. The average molecular weight is 416 g/mol. The smallest absolute Gasteiger partial charge is 0.417 e. The molecule has 158 valence electrons. The molecular weight excluding hydrogens is 393 g/mol. The molecule has 0 atom stereocenters. The van der Waals surface area contributed by atoms with E-state index in [0.717, 1.165) is 17.7 Å². The number of ether oxygens (including phenoxy) is 1. The maximum Gasteiger partial charge on any atom is 0.417 e. The molecule has 1 aliphatic carbocycles. The number of primary amides is 1. The molecule has 1 aliphatic rings. The first-order valence-corrected chi connectivity index (χ1v) is 9.48. The molecular formula is C23H23F3N2O2. The molecule has 0 saturated heterocycles. The number of halogens is 3. The Labute approximate surface area is 173 Å². The number of alkyl halides is 3. The third-order valence-corrected chi connectivity index (χ3v) is 6.05. The molecule has 30 heavy (non-hydrogen) atoms.